The van der Waals surface area contributed by atoms with Crippen molar-refractivity contribution >= 4 is 45.2 Å². The summed E-state index contributed by atoms with van der Waals surface area (Å²) < 4.78 is 17.4. The van der Waals surface area contributed by atoms with Gasteiger partial charge in [0.1, 0.15) is 10.4 Å². The maximum Gasteiger partial charge on any atom is 0.210 e. The monoisotopic (exact) mass is 382 g/mol. The minimum atomic E-state index is -1.95. The number of pyridine rings is 1. The maximum absolute atomic E-state index is 12.3. The van der Waals surface area contributed by atoms with Crippen molar-refractivity contribution < 1.29 is 13.6 Å². The van der Waals surface area contributed by atoms with Crippen LogP contribution < -0.4 is 5.48 Å². The quantitative estimate of drug-likeness (QED) is 0.652. The van der Waals surface area contributed by atoms with Gasteiger partial charge in [-0.3, -0.25) is 4.98 Å². The van der Waals surface area contributed by atoms with Crippen molar-refractivity contribution in [1.29, 1.82) is 0 Å². The van der Waals surface area contributed by atoms with Crippen LogP contribution in [0.1, 0.15) is 5.56 Å². The molecule has 8 heteroatoms. The lowest BCUT2D eigenvalue weighted by Crippen LogP contribution is -2.16. The van der Waals surface area contributed by atoms with E-state index in [1.54, 1.807) is 24.3 Å². The van der Waals surface area contributed by atoms with Crippen molar-refractivity contribution in [2.45, 2.75) is 11.4 Å². The van der Waals surface area contributed by atoms with E-state index in [1.807, 2.05) is 12.1 Å². The largest absolute Gasteiger partial charge is 0.504 e. The van der Waals surface area contributed by atoms with Gasteiger partial charge in [0.05, 0.1) is 5.02 Å². The molecular formula is C16H12Cl2N2O3S. The Kier molecular flexibility index (Phi) is 5.33. The number of hydrogen-bond acceptors (Lipinski definition) is 5. The van der Waals surface area contributed by atoms with Crippen LogP contribution in [0.15, 0.2) is 53.6 Å². The van der Waals surface area contributed by atoms with Crippen LogP contribution in [0.2, 0.25) is 10.0 Å². The zero-order valence-corrected chi connectivity index (χ0v) is 14.5. The molecule has 0 fully saturated rings. The summed E-state index contributed by atoms with van der Waals surface area (Å²) in [6, 6.07) is 11.9. The standard InChI is InChI=1S/C16H12Cl2N2O3S/c17-11-5-3-10(4-6-11)9-20-23-24(22)14-8-13(18)12-2-1-7-19-15(12)16(14)21/h1-8,20-21H,9H2. The summed E-state index contributed by atoms with van der Waals surface area (Å²) in [5.41, 5.74) is 3.77. The van der Waals surface area contributed by atoms with E-state index in [4.69, 9.17) is 27.5 Å². The molecule has 2 N–H and O–H groups in total. The van der Waals surface area contributed by atoms with Gasteiger partial charge < -0.3 is 5.11 Å². The highest BCUT2D eigenvalue weighted by atomic mass is 35.5. The molecule has 1 heterocycles. The number of benzene rings is 2. The molecule has 2 aromatic carbocycles. The Balaban J connectivity index is 1.74. The van der Waals surface area contributed by atoms with Crippen LogP contribution >= 0.6 is 23.2 Å². The first kappa shape index (κ1) is 17.1. The summed E-state index contributed by atoms with van der Waals surface area (Å²) in [5.74, 6) is -0.221. The van der Waals surface area contributed by atoms with Gasteiger partial charge in [-0.05, 0) is 35.9 Å². The van der Waals surface area contributed by atoms with E-state index in [0.717, 1.165) is 5.56 Å². The average Bonchev–Trinajstić information content (AvgIpc) is 2.60. The Bertz CT molecular complexity index is 904. The molecule has 0 spiro atoms. The van der Waals surface area contributed by atoms with Crippen LogP contribution in [0.25, 0.3) is 10.9 Å². The first-order valence-electron chi connectivity index (χ1n) is 6.89. The predicted molar refractivity (Wildman–Crippen MR) is 94.2 cm³/mol. The van der Waals surface area contributed by atoms with Gasteiger partial charge in [-0.1, -0.05) is 35.3 Å². The zero-order valence-electron chi connectivity index (χ0n) is 12.2. The van der Waals surface area contributed by atoms with E-state index in [9.17, 15) is 9.32 Å². The molecule has 5 nitrogen and oxygen atoms in total. The zero-order chi connectivity index (χ0) is 17.1. The Morgan fingerprint density at radius 2 is 1.96 bits per heavy atom. The van der Waals surface area contributed by atoms with Crippen LogP contribution in [-0.2, 0) is 21.9 Å². The first-order valence-corrected chi connectivity index (χ1v) is 8.72. The SMILES string of the molecule is O=S(ONCc1ccc(Cl)cc1)c1cc(Cl)c2cccnc2c1O. The van der Waals surface area contributed by atoms with Crippen molar-refractivity contribution in [3.05, 3.63) is 64.3 Å². The fraction of sp³-hybridized carbons (Fsp3) is 0.0625. The highest BCUT2D eigenvalue weighted by Gasteiger charge is 2.17. The summed E-state index contributed by atoms with van der Waals surface area (Å²) >= 11 is 10.0. The van der Waals surface area contributed by atoms with Crippen LogP contribution in [0, 0.1) is 0 Å². The Morgan fingerprint density at radius 3 is 2.71 bits per heavy atom. The third kappa shape index (κ3) is 3.68. The molecule has 0 aliphatic rings. The predicted octanol–water partition coefficient (Wildman–Crippen LogP) is 3.99. The summed E-state index contributed by atoms with van der Waals surface area (Å²) in [6.07, 6.45) is 1.52. The molecule has 1 unspecified atom stereocenters. The third-order valence-corrected chi connectivity index (χ3v) is 4.79. The van der Waals surface area contributed by atoms with Gasteiger partial charge in [-0.2, -0.15) is 9.76 Å². The molecule has 1 aromatic heterocycles. The number of aromatic hydroxyl groups is 1. The normalized spacial score (nSPS) is 12.4. The van der Waals surface area contributed by atoms with Crippen molar-refractivity contribution in [2.75, 3.05) is 0 Å². The summed E-state index contributed by atoms with van der Waals surface area (Å²) in [5, 5.41) is 11.8. The minimum absolute atomic E-state index is 0.0507. The van der Waals surface area contributed by atoms with Crippen molar-refractivity contribution in [2.24, 2.45) is 0 Å². The Labute approximate surface area is 150 Å². The number of nitrogens with one attached hydrogen (secondary N) is 1. The number of rotatable bonds is 5. The van der Waals surface area contributed by atoms with E-state index >= 15 is 0 Å². The number of phenolic OH excluding ortho intramolecular Hbond substituents is 1. The molecule has 3 rings (SSSR count). The second-order valence-corrected chi connectivity index (χ2v) is 6.79. The smallest absolute Gasteiger partial charge is 0.210 e. The number of hydroxylamine groups is 1. The Morgan fingerprint density at radius 1 is 1.21 bits per heavy atom. The van der Waals surface area contributed by atoms with Crippen LogP contribution in [0.4, 0.5) is 0 Å². The molecule has 0 radical (unpaired) electrons. The number of halogens is 2. The first-order chi connectivity index (χ1) is 11.6. The van der Waals surface area contributed by atoms with Gasteiger partial charge in [-0.15, -0.1) is 0 Å². The maximum atomic E-state index is 12.3. The van der Waals surface area contributed by atoms with E-state index < -0.39 is 11.1 Å². The van der Waals surface area contributed by atoms with Gasteiger partial charge in [0.2, 0.25) is 11.1 Å². The number of fused-ring (bicyclic) bond motifs is 1. The minimum Gasteiger partial charge on any atom is -0.504 e. The van der Waals surface area contributed by atoms with Crippen LogP contribution in [-0.4, -0.2) is 14.3 Å². The topological polar surface area (TPSA) is 71.5 Å². The highest BCUT2D eigenvalue weighted by Crippen LogP contribution is 2.34. The molecule has 0 saturated heterocycles. The lowest BCUT2D eigenvalue weighted by molar-refractivity contribution is 0.215. The Hall–Kier alpha value is -1.70. The highest BCUT2D eigenvalue weighted by molar-refractivity contribution is 7.80. The van der Waals surface area contributed by atoms with Gasteiger partial charge in [0, 0.05) is 23.2 Å². The summed E-state index contributed by atoms with van der Waals surface area (Å²) in [6.45, 7) is 0.323. The van der Waals surface area contributed by atoms with E-state index in [2.05, 4.69) is 10.5 Å². The van der Waals surface area contributed by atoms with E-state index in [0.29, 0.717) is 22.0 Å². The van der Waals surface area contributed by atoms with Gasteiger partial charge in [0.15, 0.2) is 5.75 Å². The number of phenols is 1. The van der Waals surface area contributed by atoms with E-state index in [-0.39, 0.29) is 16.2 Å². The third-order valence-electron chi connectivity index (χ3n) is 3.28. The lowest BCUT2D eigenvalue weighted by atomic mass is 10.2. The molecule has 0 aliphatic carbocycles. The molecule has 0 aliphatic heterocycles. The van der Waals surface area contributed by atoms with Crippen molar-refractivity contribution in [3.63, 3.8) is 0 Å². The van der Waals surface area contributed by atoms with Gasteiger partial charge >= 0.3 is 0 Å². The molecule has 3 aromatic rings. The van der Waals surface area contributed by atoms with Crippen molar-refractivity contribution in [1.82, 2.24) is 10.5 Å². The van der Waals surface area contributed by atoms with Crippen LogP contribution in [0.3, 0.4) is 0 Å². The molecule has 0 amide bonds. The summed E-state index contributed by atoms with van der Waals surface area (Å²) in [7, 11) is 0. The van der Waals surface area contributed by atoms with E-state index in [1.165, 1.54) is 12.3 Å². The molecular weight excluding hydrogens is 371 g/mol. The molecule has 124 valence electrons. The lowest BCUT2D eigenvalue weighted by Gasteiger charge is -2.09. The number of aromatic nitrogens is 1. The second kappa shape index (κ2) is 7.46. The average molecular weight is 383 g/mol. The van der Waals surface area contributed by atoms with Gasteiger partial charge in [0.25, 0.3) is 0 Å². The number of nitrogens with zero attached hydrogens (tertiary/aromatic N) is 1. The molecule has 0 saturated carbocycles. The molecule has 24 heavy (non-hydrogen) atoms. The van der Waals surface area contributed by atoms with Crippen molar-refractivity contribution in [3.8, 4) is 5.75 Å². The van der Waals surface area contributed by atoms with Crippen LogP contribution in [0.5, 0.6) is 5.75 Å². The fourth-order valence-corrected chi connectivity index (χ4v) is 3.28. The van der Waals surface area contributed by atoms with Gasteiger partial charge in [-0.25, -0.2) is 4.21 Å². The fourth-order valence-electron chi connectivity index (χ4n) is 2.11. The molecule has 1 atom stereocenters. The second-order valence-electron chi connectivity index (χ2n) is 4.87. The molecule has 0 bridgehead atoms. The summed E-state index contributed by atoms with van der Waals surface area (Å²) in [4.78, 5) is 4.11. The number of hydrogen-bond donors (Lipinski definition) is 2.